The van der Waals surface area contributed by atoms with Gasteiger partial charge in [0.2, 0.25) is 5.91 Å². The van der Waals surface area contributed by atoms with E-state index < -0.39 is 0 Å². The van der Waals surface area contributed by atoms with E-state index >= 15 is 0 Å². The smallest absolute Gasteiger partial charge is 0.230 e. The average molecular weight is 211 g/mol. The second kappa shape index (κ2) is 3.24. The molecule has 0 saturated heterocycles. The summed E-state index contributed by atoms with van der Waals surface area (Å²) < 4.78 is 0. The summed E-state index contributed by atoms with van der Waals surface area (Å²) in [6.07, 6.45) is 5.06. The van der Waals surface area contributed by atoms with E-state index in [2.05, 4.69) is 10.3 Å². The van der Waals surface area contributed by atoms with Gasteiger partial charge in [0.1, 0.15) is 0 Å². The van der Waals surface area contributed by atoms with Gasteiger partial charge < -0.3 is 5.32 Å². The number of hydrogen-bond acceptors (Lipinski definition) is 2. The van der Waals surface area contributed by atoms with Crippen molar-refractivity contribution in [1.82, 2.24) is 10.3 Å². The molecule has 1 aliphatic rings. The standard InChI is InChI=1S/C10H11ClN2O/c1-12-9(14)10(2-3-10)7-4-8(11)6-13-5-7/h4-6H,2-3H2,1H3,(H,12,14). The lowest BCUT2D eigenvalue weighted by atomic mass is 9.97. The molecule has 1 aromatic rings. The molecule has 2 rings (SSSR count). The monoisotopic (exact) mass is 210 g/mol. The lowest BCUT2D eigenvalue weighted by Crippen LogP contribution is -2.31. The quantitative estimate of drug-likeness (QED) is 0.804. The van der Waals surface area contributed by atoms with E-state index in [1.165, 1.54) is 0 Å². The molecule has 1 saturated carbocycles. The van der Waals surface area contributed by atoms with Crippen molar-refractivity contribution in [1.29, 1.82) is 0 Å². The predicted octanol–water partition coefficient (Wildman–Crippen LogP) is 1.51. The number of halogens is 1. The molecule has 4 heteroatoms. The summed E-state index contributed by atoms with van der Waals surface area (Å²) in [5, 5.41) is 3.26. The molecule has 1 amide bonds. The molecule has 1 heterocycles. The van der Waals surface area contributed by atoms with E-state index in [-0.39, 0.29) is 11.3 Å². The Balaban J connectivity index is 2.35. The van der Waals surface area contributed by atoms with Gasteiger partial charge in [-0.3, -0.25) is 9.78 Å². The van der Waals surface area contributed by atoms with Crippen LogP contribution < -0.4 is 5.32 Å². The van der Waals surface area contributed by atoms with Gasteiger partial charge in [-0.2, -0.15) is 0 Å². The van der Waals surface area contributed by atoms with Crippen LogP contribution in [0.3, 0.4) is 0 Å². The lowest BCUT2D eigenvalue weighted by molar-refractivity contribution is -0.123. The summed E-state index contributed by atoms with van der Waals surface area (Å²) in [5.41, 5.74) is 0.566. The number of amides is 1. The maximum atomic E-state index is 11.6. The summed E-state index contributed by atoms with van der Waals surface area (Å²) in [4.78, 5) is 15.6. The number of carbonyl (C=O) groups excluding carboxylic acids is 1. The van der Waals surface area contributed by atoms with Crippen molar-refractivity contribution in [2.45, 2.75) is 18.3 Å². The second-order valence-corrected chi connectivity index (χ2v) is 3.99. The van der Waals surface area contributed by atoms with E-state index in [9.17, 15) is 4.79 Å². The van der Waals surface area contributed by atoms with Crippen molar-refractivity contribution < 1.29 is 4.79 Å². The number of rotatable bonds is 2. The Hall–Kier alpha value is -1.09. The van der Waals surface area contributed by atoms with Gasteiger partial charge in [-0.05, 0) is 24.5 Å². The highest BCUT2D eigenvalue weighted by Crippen LogP contribution is 2.48. The first-order chi connectivity index (χ1) is 6.69. The molecule has 1 fully saturated rings. The minimum absolute atomic E-state index is 0.0570. The number of carbonyl (C=O) groups is 1. The first kappa shape index (κ1) is 9.46. The van der Waals surface area contributed by atoms with Gasteiger partial charge in [-0.25, -0.2) is 0 Å². The zero-order valence-corrected chi connectivity index (χ0v) is 8.64. The highest BCUT2D eigenvalue weighted by Gasteiger charge is 2.51. The normalized spacial score (nSPS) is 17.6. The molecule has 1 N–H and O–H groups in total. The highest BCUT2D eigenvalue weighted by atomic mass is 35.5. The predicted molar refractivity (Wildman–Crippen MR) is 54.2 cm³/mol. The lowest BCUT2D eigenvalue weighted by Gasteiger charge is -2.13. The van der Waals surface area contributed by atoms with Gasteiger partial charge in [0.05, 0.1) is 10.4 Å². The third-order valence-corrected chi connectivity index (χ3v) is 2.88. The molecule has 1 aliphatic carbocycles. The number of nitrogens with zero attached hydrogens (tertiary/aromatic N) is 1. The molecule has 14 heavy (non-hydrogen) atoms. The molecule has 74 valence electrons. The number of nitrogens with one attached hydrogen (secondary N) is 1. The summed E-state index contributed by atoms with van der Waals surface area (Å²) in [6.45, 7) is 0. The van der Waals surface area contributed by atoms with Crippen LogP contribution in [-0.2, 0) is 10.2 Å². The molecule has 0 radical (unpaired) electrons. The van der Waals surface area contributed by atoms with Gasteiger partial charge in [0.15, 0.2) is 0 Å². The van der Waals surface area contributed by atoms with Crippen molar-refractivity contribution in [3.63, 3.8) is 0 Å². The molecule has 0 bridgehead atoms. The number of pyridine rings is 1. The number of likely N-dealkylation sites (N-methyl/N-ethyl adjacent to an activating group) is 1. The Bertz CT molecular complexity index is 374. The Labute approximate surface area is 87.5 Å². The molecule has 0 spiro atoms. The molecule has 1 aromatic heterocycles. The Morgan fingerprint density at radius 3 is 2.79 bits per heavy atom. The van der Waals surface area contributed by atoms with Crippen LogP contribution in [0.5, 0.6) is 0 Å². The van der Waals surface area contributed by atoms with E-state index in [4.69, 9.17) is 11.6 Å². The second-order valence-electron chi connectivity index (χ2n) is 3.55. The molecular weight excluding hydrogens is 200 g/mol. The van der Waals surface area contributed by atoms with Gasteiger partial charge in [0, 0.05) is 19.4 Å². The van der Waals surface area contributed by atoms with E-state index in [0.29, 0.717) is 5.02 Å². The molecule has 0 aliphatic heterocycles. The molecule has 0 atom stereocenters. The van der Waals surface area contributed by atoms with Crippen LogP contribution in [0, 0.1) is 0 Å². The van der Waals surface area contributed by atoms with Crippen LogP contribution in [0.1, 0.15) is 18.4 Å². The summed E-state index contributed by atoms with van der Waals surface area (Å²) in [6, 6.07) is 1.82. The molecule has 0 aromatic carbocycles. The van der Waals surface area contributed by atoms with Crippen molar-refractivity contribution >= 4 is 17.5 Å². The fourth-order valence-corrected chi connectivity index (χ4v) is 1.86. The Kier molecular flexibility index (Phi) is 2.19. The zero-order chi connectivity index (χ0) is 10.2. The van der Waals surface area contributed by atoms with Gasteiger partial charge >= 0.3 is 0 Å². The van der Waals surface area contributed by atoms with Crippen molar-refractivity contribution in [2.24, 2.45) is 0 Å². The highest BCUT2D eigenvalue weighted by molar-refractivity contribution is 6.30. The molecule has 3 nitrogen and oxygen atoms in total. The van der Waals surface area contributed by atoms with Gasteiger partial charge in [-0.1, -0.05) is 11.6 Å². The minimum Gasteiger partial charge on any atom is -0.358 e. The zero-order valence-electron chi connectivity index (χ0n) is 7.88. The van der Waals surface area contributed by atoms with Crippen molar-refractivity contribution in [3.8, 4) is 0 Å². The third-order valence-electron chi connectivity index (χ3n) is 2.67. The maximum Gasteiger partial charge on any atom is 0.230 e. The van der Waals surface area contributed by atoms with Crippen molar-refractivity contribution in [3.05, 3.63) is 29.0 Å². The van der Waals surface area contributed by atoms with Crippen LogP contribution in [0.15, 0.2) is 18.5 Å². The van der Waals surface area contributed by atoms with Gasteiger partial charge in [-0.15, -0.1) is 0 Å². The van der Waals surface area contributed by atoms with E-state index in [1.807, 2.05) is 6.07 Å². The first-order valence-corrected chi connectivity index (χ1v) is 4.90. The fourth-order valence-electron chi connectivity index (χ4n) is 1.68. The van der Waals surface area contributed by atoms with E-state index in [0.717, 1.165) is 18.4 Å². The fraction of sp³-hybridized carbons (Fsp3) is 0.400. The summed E-state index contributed by atoms with van der Waals surface area (Å²) in [7, 11) is 1.65. The Morgan fingerprint density at radius 1 is 1.57 bits per heavy atom. The maximum absolute atomic E-state index is 11.6. The summed E-state index contributed by atoms with van der Waals surface area (Å²) in [5.74, 6) is 0.0570. The van der Waals surface area contributed by atoms with Crippen LogP contribution in [0.25, 0.3) is 0 Å². The Morgan fingerprint density at radius 2 is 2.29 bits per heavy atom. The largest absolute Gasteiger partial charge is 0.358 e. The van der Waals surface area contributed by atoms with Crippen LogP contribution in [0.4, 0.5) is 0 Å². The van der Waals surface area contributed by atoms with Crippen molar-refractivity contribution in [2.75, 3.05) is 7.05 Å². The topological polar surface area (TPSA) is 42.0 Å². The molecular formula is C10H11ClN2O. The SMILES string of the molecule is CNC(=O)C1(c2cncc(Cl)c2)CC1. The average Bonchev–Trinajstić information content (AvgIpc) is 2.97. The third kappa shape index (κ3) is 1.38. The summed E-state index contributed by atoms with van der Waals surface area (Å²) >= 11 is 5.83. The molecule has 0 unspecified atom stereocenters. The first-order valence-electron chi connectivity index (χ1n) is 4.52. The van der Waals surface area contributed by atoms with Crippen LogP contribution >= 0.6 is 11.6 Å². The number of hydrogen-bond donors (Lipinski definition) is 1. The number of aromatic nitrogens is 1. The van der Waals surface area contributed by atoms with Crippen LogP contribution in [-0.4, -0.2) is 17.9 Å². The van der Waals surface area contributed by atoms with E-state index in [1.54, 1.807) is 19.4 Å². The van der Waals surface area contributed by atoms with Gasteiger partial charge in [0.25, 0.3) is 0 Å². The van der Waals surface area contributed by atoms with Crippen LogP contribution in [0.2, 0.25) is 5.02 Å². The minimum atomic E-state index is -0.355.